The Kier molecular flexibility index (Phi) is 17.1. The molecule has 0 fully saturated rings. The normalized spacial score (nSPS) is 11.7. The number of hydrogen-bond donors (Lipinski definition) is 2. The Labute approximate surface area is 301 Å². The quantitative estimate of drug-likeness (QED) is 0.0825. The van der Waals surface area contributed by atoms with Gasteiger partial charge in [-0.1, -0.05) is 36.4 Å². The van der Waals surface area contributed by atoms with Gasteiger partial charge in [-0.05, 0) is 109 Å². The Balaban J connectivity index is 0.000000638. The Morgan fingerprint density at radius 1 is 0.660 bits per heavy atom. The summed E-state index contributed by atoms with van der Waals surface area (Å²) in [5.41, 5.74) is 0.856. The summed E-state index contributed by atoms with van der Waals surface area (Å²) >= 11 is 0. The molecule has 0 saturated carbocycles. The second kappa shape index (κ2) is 20.9. The van der Waals surface area contributed by atoms with Gasteiger partial charge < -0.3 is 20.1 Å². The minimum atomic E-state index is -5.95. The van der Waals surface area contributed by atoms with Gasteiger partial charge >= 0.3 is 29.2 Å². The van der Waals surface area contributed by atoms with Gasteiger partial charge in [0.15, 0.2) is 0 Å². The van der Waals surface area contributed by atoms with Crippen molar-refractivity contribution in [2.24, 2.45) is 0 Å². The monoisotopic (exact) mass is 762 g/mol. The van der Waals surface area contributed by atoms with Gasteiger partial charge in [-0.2, -0.15) is 17.6 Å². The van der Waals surface area contributed by atoms with Gasteiger partial charge in [-0.15, -0.1) is 4.94 Å². The van der Waals surface area contributed by atoms with Crippen LogP contribution in [0.15, 0.2) is 143 Å². The molecule has 5 aromatic rings. The molecule has 1 amide bonds. The third kappa shape index (κ3) is 12.7. The van der Waals surface area contributed by atoms with Crippen molar-refractivity contribution < 1.29 is 58.8 Å². The molecule has 16 heteroatoms. The average molecular weight is 763 g/mol. The summed E-state index contributed by atoms with van der Waals surface area (Å²) < 4.78 is 119. The van der Waals surface area contributed by atoms with Crippen molar-refractivity contribution in [1.29, 1.82) is 0 Å². The molecule has 1 atom stereocenters. The van der Waals surface area contributed by atoms with E-state index in [1.807, 2.05) is 43.4 Å². The molecule has 0 saturated heterocycles. The molecule has 0 radical (unpaired) electrons. The maximum atomic E-state index is 13.6. The molecule has 0 aliphatic rings. The number of rotatable bonds is 10. The molecule has 0 bridgehead atoms. The minimum absolute atomic E-state index is 0.0101. The Morgan fingerprint density at radius 3 is 1.36 bits per heavy atom. The molecular weight excluding hydrogens is 730 g/mol. The van der Waals surface area contributed by atoms with E-state index in [2.05, 4.69) is 16.9 Å². The predicted octanol–water partition coefficient (Wildman–Crippen LogP) is 9.84. The fourth-order valence-corrected chi connectivity index (χ4v) is 5.16. The molecule has 1 unspecified atom stereocenters. The van der Waals surface area contributed by atoms with E-state index in [4.69, 9.17) is 14.1 Å². The number of ether oxygens (including phenoxy) is 2. The molecule has 9 nitrogen and oxygen atoms in total. The van der Waals surface area contributed by atoms with Crippen LogP contribution in [-0.4, -0.2) is 40.1 Å². The van der Waals surface area contributed by atoms with Crippen LogP contribution in [-0.2, 0) is 24.2 Å². The van der Waals surface area contributed by atoms with Gasteiger partial charge in [0.05, 0.1) is 16.5 Å². The second-order valence-electron chi connectivity index (χ2n) is 10.00. The van der Waals surface area contributed by atoms with Crippen LogP contribution in [0.1, 0.15) is 6.92 Å². The molecule has 53 heavy (non-hydrogen) atoms. The molecule has 0 spiro atoms. The number of halogens is 6. The van der Waals surface area contributed by atoms with Crippen LogP contribution in [0, 0.1) is 6.65 Å². The number of carbonyl (C=O) groups is 1. The van der Waals surface area contributed by atoms with Crippen molar-refractivity contribution in [1.82, 2.24) is 0 Å². The first-order valence-electron chi connectivity index (χ1n) is 15.1. The number of hydrogen-bond acceptors (Lipinski definition) is 7. The molecule has 0 aromatic heterocycles. The van der Waals surface area contributed by atoms with Crippen molar-refractivity contribution in [3.63, 3.8) is 0 Å². The average Bonchev–Trinajstić information content (AvgIpc) is 3.17. The predicted molar refractivity (Wildman–Crippen MR) is 184 cm³/mol. The summed E-state index contributed by atoms with van der Waals surface area (Å²) in [5.74, 6) is -6.17. The first-order chi connectivity index (χ1) is 25.3. The van der Waals surface area contributed by atoms with Gasteiger partial charge in [0.25, 0.3) is 0 Å². The Hall–Kier alpha value is -5.80. The van der Waals surface area contributed by atoms with Crippen molar-refractivity contribution in [3.8, 4) is 23.0 Å². The van der Waals surface area contributed by atoms with E-state index in [0.29, 0.717) is 11.5 Å². The number of alkyl halides is 5. The van der Waals surface area contributed by atoms with Gasteiger partial charge in [-0.3, -0.25) is 9.18 Å². The first kappa shape index (κ1) is 43.4. The molecule has 0 heterocycles. The van der Waals surface area contributed by atoms with E-state index >= 15 is 0 Å². The zero-order chi connectivity index (χ0) is 39.5. The summed E-state index contributed by atoms with van der Waals surface area (Å²) in [6.45, 7) is 5.71. The summed E-state index contributed by atoms with van der Waals surface area (Å²) in [6, 6.07) is 35.0. The van der Waals surface area contributed by atoms with Crippen LogP contribution in [0.25, 0.3) is 0 Å². The number of anilines is 2. The van der Waals surface area contributed by atoms with E-state index in [-0.39, 0.29) is 33.7 Å². The number of amides is 1. The van der Waals surface area contributed by atoms with Gasteiger partial charge in [0.1, 0.15) is 23.0 Å². The summed E-state index contributed by atoms with van der Waals surface area (Å²) in [4.78, 5) is 13.8. The zero-order valence-corrected chi connectivity index (χ0v) is 28.8. The van der Waals surface area contributed by atoms with E-state index in [0.717, 1.165) is 17.8 Å². The molecule has 0 aliphatic carbocycles. The third-order valence-electron chi connectivity index (χ3n) is 6.42. The summed E-state index contributed by atoms with van der Waals surface area (Å²) in [7, 11) is -1.95. The number of para-hydroxylation sites is 2. The fraction of sp³-hybridized carbons (Fsp3) is 0.135. The second-order valence-corrected chi connectivity index (χ2v) is 11.9. The van der Waals surface area contributed by atoms with Crippen LogP contribution in [0.4, 0.5) is 37.9 Å². The number of carbonyl (C=O) groups excluding carboxylic acids is 1. The molecule has 2 N–H and O–H groups in total. The summed E-state index contributed by atoms with van der Waals surface area (Å²) in [6.07, 6.45) is -5.95. The molecule has 0 aliphatic heterocycles. The molecular formula is C37H32F6N2O7S. The van der Waals surface area contributed by atoms with Crippen molar-refractivity contribution in [2.75, 3.05) is 24.4 Å². The topological polar surface area (TPSA) is 123 Å². The first-order valence-corrected chi connectivity index (χ1v) is 16.6. The van der Waals surface area contributed by atoms with Crippen molar-refractivity contribution >= 4 is 27.1 Å². The zero-order valence-electron chi connectivity index (χ0n) is 27.9. The van der Waals surface area contributed by atoms with E-state index in [1.165, 1.54) is 67.6 Å². The SMILES string of the molecule is CCF.CNc1ccccc1.O=C(Nc1ccc(Oc2ccc(S(=O)(=O)c3ccc(Oc4ccccc4)cc3)cc2)cc1)C(F)(OF)C(F)(F)F.[C-]#[O+]. The standard InChI is InChI=1S/C27H18F5NO6S.C7H9N.C2H5F.CO/c28-26(39-32,27(29,30)31)25(34)33-18-6-8-20(9-7-18)38-22-12-16-24(17-13-22)40(35,36)23-14-10-21(11-15-23)37-19-4-2-1-3-5-19;1-8-7-5-3-2-4-6-7;1-2-3;1-2/h1-17H,(H,33,34);2-6,8H,1H3;2H2,1H3;. The van der Waals surface area contributed by atoms with E-state index < -0.39 is 27.8 Å². The van der Waals surface area contributed by atoms with Crippen molar-refractivity contribution in [3.05, 3.63) is 140 Å². The fourth-order valence-electron chi connectivity index (χ4n) is 3.90. The van der Waals surface area contributed by atoms with Gasteiger partial charge in [0.2, 0.25) is 9.84 Å². The number of nitrogens with one attached hydrogen (secondary N) is 2. The van der Waals surface area contributed by atoms with Crippen LogP contribution in [0.5, 0.6) is 23.0 Å². The van der Waals surface area contributed by atoms with Gasteiger partial charge in [0, 0.05) is 18.4 Å². The Morgan fingerprint density at radius 2 is 1.02 bits per heavy atom. The third-order valence-corrected chi connectivity index (χ3v) is 8.21. The van der Waals surface area contributed by atoms with E-state index in [9.17, 15) is 39.7 Å². The molecule has 5 rings (SSSR count). The van der Waals surface area contributed by atoms with Gasteiger partial charge in [-0.25, -0.2) is 8.42 Å². The van der Waals surface area contributed by atoms with Crippen LogP contribution in [0.2, 0.25) is 0 Å². The maximum absolute atomic E-state index is 13.6. The number of benzene rings is 5. The Bertz CT molecular complexity index is 1950. The van der Waals surface area contributed by atoms with E-state index in [1.54, 1.807) is 29.6 Å². The summed E-state index contributed by atoms with van der Waals surface area (Å²) in [5, 5.41) is 4.58. The molecule has 5 aromatic carbocycles. The number of sulfone groups is 1. The van der Waals surface area contributed by atoms with Crippen LogP contribution < -0.4 is 20.1 Å². The molecule has 280 valence electrons. The van der Waals surface area contributed by atoms with Crippen molar-refractivity contribution in [2.45, 2.75) is 28.7 Å². The van der Waals surface area contributed by atoms with Crippen LogP contribution >= 0.6 is 0 Å². The van der Waals surface area contributed by atoms with Crippen LogP contribution in [0.3, 0.4) is 0 Å².